The molecule has 6 heteroatoms. The summed E-state index contributed by atoms with van der Waals surface area (Å²) in [5, 5.41) is 5.54. The van der Waals surface area contributed by atoms with Gasteiger partial charge in [0.05, 0.1) is 11.7 Å². The van der Waals surface area contributed by atoms with Crippen molar-refractivity contribution < 1.29 is 4.79 Å². The number of carbonyl (C=O) groups excluding carboxylic acids is 1. The van der Waals surface area contributed by atoms with Crippen molar-refractivity contribution in [2.24, 2.45) is 5.41 Å². The Morgan fingerprint density at radius 1 is 1.21 bits per heavy atom. The molecule has 0 saturated heterocycles. The molecule has 5 nitrogen and oxygen atoms in total. The summed E-state index contributed by atoms with van der Waals surface area (Å²) in [6.45, 7) is 2.06. The first kappa shape index (κ1) is 17.8. The number of nitrogens with one attached hydrogen (secondary N) is 1. The van der Waals surface area contributed by atoms with Gasteiger partial charge >= 0.3 is 0 Å². The Morgan fingerprint density at radius 2 is 2.07 bits per heavy atom. The Bertz CT molecular complexity index is 1140. The van der Waals surface area contributed by atoms with Crippen molar-refractivity contribution in [3.63, 3.8) is 0 Å². The van der Waals surface area contributed by atoms with Crippen LogP contribution in [0.2, 0.25) is 0 Å². The van der Waals surface area contributed by atoms with Gasteiger partial charge in [0.1, 0.15) is 0 Å². The van der Waals surface area contributed by atoms with E-state index < -0.39 is 5.41 Å². The molecule has 0 aliphatic heterocycles. The van der Waals surface area contributed by atoms with Crippen LogP contribution in [0.4, 0.5) is 5.13 Å². The van der Waals surface area contributed by atoms with E-state index in [4.69, 9.17) is 0 Å². The van der Waals surface area contributed by atoms with E-state index in [0.29, 0.717) is 11.6 Å². The maximum atomic E-state index is 13.4. The van der Waals surface area contributed by atoms with Crippen molar-refractivity contribution in [2.45, 2.75) is 19.3 Å². The molecule has 2 unspecified atom stereocenters. The lowest BCUT2D eigenvalue weighted by Gasteiger charge is -2.31. The van der Waals surface area contributed by atoms with E-state index in [1.807, 2.05) is 34.3 Å². The number of nitrogens with zero attached hydrogens (tertiary/aromatic N) is 3. The molecule has 4 aromatic rings. The topological polar surface area (TPSA) is 59.8 Å². The monoisotopic (exact) mass is 400 g/mol. The highest BCUT2D eigenvalue weighted by atomic mass is 32.1. The number of rotatable bonds is 4. The maximum Gasteiger partial charge on any atom is 0.233 e. The number of thiazole rings is 1. The summed E-state index contributed by atoms with van der Waals surface area (Å²) in [5.74, 6) is -0.0381. The third-order valence-corrected chi connectivity index (χ3v) is 6.43. The van der Waals surface area contributed by atoms with Gasteiger partial charge in [-0.15, -0.1) is 11.3 Å². The van der Waals surface area contributed by atoms with Gasteiger partial charge in [0, 0.05) is 35.6 Å². The van der Waals surface area contributed by atoms with Gasteiger partial charge in [0.15, 0.2) is 5.13 Å². The Hall–Kier alpha value is -3.25. The van der Waals surface area contributed by atoms with Crippen LogP contribution in [0.3, 0.4) is 0 Å². The van der Waals surface area contributed by atoms with Crippen molar-refractivity contribution in [1.29, 1.82) is 0 Å². The Balaban J connectivity index is 1.61. The second kappa shape index (κ2) is 6.97. The standard InChI is InChI=1S/C23H20N4OS/c1-23(21(28)26-22-25-10-12-29-22)14-17-7-8-18(27-11-9-24-15-27)13-19(17)20(23)16-5-3-2-4-6-16/h2-13,15,20H,14H2,1H3,(H,25,26,28). The third kappa shape index (κ3) is 3.06. The van der Waals surface area contributed by atoms with E-state index in [1.54, 1.807) is 18.7 Å². The summed E-state index contributed by atoms with van der Waals surface area (Å²) < 4.78 is 1.99. The molecule has 2 aromatic carbocycles. The minimum atomic E-state index is -0.608. The van der Waals surface area contributed by atoms with Gasteiger partial charge in [-0.2, -0.15) is 0 Å². The summed E-state index contributed by atoms with van der Waals surface area (Å²) in [7, 11) is 0. The first-order valence-corrected chi connectivity index (χ1v) is 10.4. The van der Waals surface area contributed by atoms with Crippen LogP contribution in [-0.4, -0.2) is 20.4 Å². The molecular formula is C23H20N4OS. The number of hydrogen-bond donors (Lipinski definition) is 1. The SMILES string of the molecule is CC1(C(=O)Nc2nccs2)Cc2ccc(-n3ccnc3)cc2C1c1ccccc1. The predicted octanol–water partition coefficient (Wildman–Crippen LogP) is 4.66. The molecule has 2 atom stereocenters. The lowest BCUT2D eigenvalue weighted by molar-refractivity contribution is -0.125. The predicted molar refractivity (Wildman–Crippen MR) is 114 cm³/mol. The zero-order valence-electron chi connectivity index (χ0n) is 15.9. The first-order valence-electron chi connectivity index (χ1n) is 9.52. The molecule has 1 amide bonds. The van der Waals surface area contributed by atoms with Crippen LogP contribution in [0, 0.1) is 5.41 Å². The smallest absolute Gasteiger partial charge is 0.233 e. The van der Waals surface area contributed by atoms with Crippen molar-refractivity contribution in [2.75, 3.05) is 5.32 Å². The minimum Gasteiger partial charge on any atom is -0.306 e. The average Bonchev–Trinajstić information content (AvgIpc) is 3.48. The lowest BCUT2D eigenvalue weighted by Crippen LogP contribution is -2.37. The van der Waals surface area contributed by atoms with E-state index in [-0.39, 0.29) is 11.8 Å². The van der Waals surface area contributed by atoms with Gasteiger partial charge in [-0.1, -0.05) is 36.4 Å². The van der Waals surface area contributed by atoms with Gasteiger partial charge in [0.2, 0.25) is 5.91 Å². The zero-order chi connectivity index (χ0) is 19.8. The van der Waals surface area contributed by atoms with Crippen LogP contribution in [0.1, 0.15) is 29.5 Å². The highest BCUT2D eigenvalue weighted by Gasteiger charge is 2.49. The van der Waals surface area contributed by atoms with Gasteiger partial charge in [-0.05, 0) is 42.2 Å². The Morgan fingerprint density at radius 3 is 2.79 bits per heavy atom. The number of benzene rings is 2. The fourth-order valence-corrected chi connectivity index (χ4v) is 4.88. The molecule has 29 heavy (non-hydrogen) atoms. The second-order valence-electron chi connectivity index (χ2n) is 7.58. The third-order valence-electron chi connectivity index (χ3n) is 5.74. The number of amides is 1. The molecule has 0 radical (unpaired) electrons. The van der Waals surface area contributed by atoms with Crippen LogP contribution < -0.4 is 5.32 Å². The molecule has 0 spiro atoms. The van der Waals surface area contributed by atoms with Crippen LogP contribution >= 0.6 is 11.3 Å². The van der Waals surface area contributed by atoms with Crippen LogP contribution in [0.15, 0.2) is 78.8 Å². The fourth-order valence-electron chi connectivity index (χ4n) is 4.35. The number of imidazole rings is 1. The summed E-state index contributed by atoms with van der Waals surface area (Å²) >= 11 is 1.44. The molecule has 1 aliphatic carbocycles. The van der Waals surface area contributed by atoms with Crippen LogP contribution in [0.25, 0.3) is 5.69 Å². The van der Waals surface area contributed by atoms with Gasteiger partial charge in [-0.25, -0.2) is 9.97 Å². The van der Waals surface area contributed by atoms with Gasteiger partial charge < -0.3 is 9.88 Å². The minimum absolute atomic E-state index is 0.00156. The molecule has 1 N–H and O–H groups in total. The van der Waals surface area contributed by atoms with Crippen molar-refractivity contribution in [3.05, 3.63) is 95.5 Å². The van der Waals surface area contributed by atoms with Crippen molar-refractivity contribution in [1.82, 2.24) is 14.5 Å². The Labute approximate surface area is 173 Å². The Kier molecular flexibility index (Phi) is 4.28. The van der Waals surface area contributed by atoms with E-state index >= 15 is 0 Å². The summed E-state index contributed by atoms with van der Waals surface area (Å²) in [6, 6.07) is 16.7. The van der Waals surface area contributed by atoms with E-state index in [1.165, 1.54) is 22.5 Å². The highest BCUT2D eigenvalue weighted by molar-refractivity contribution is 7.13. The molecule has 5 rings (SSSR count). The van der Waals surface area contributed by atoms with Crippen LogP contribution in [0.5, 0.6) is 0 Å². The number of fused-ring (bicyclic) bond motifs is 1. The lowest BCUT2D eigenvalue weighted by atomic mass is 9.73. The molecule has 0 saturated carbocycles. The average molecular weight is 401 g/mol. The maximum absolute atomic E-state index is 13.4. The van der Waals surface area contributed by atoms with Crippen LogP contribution in [-0.2, 0) is 11.2 Å². The molecule has 2 heterocycles. The number of anilines is 1. The first-order chi connectivity index (χ1) is 14.1. The number of aromatic nitrogens is 3. The van der Waals surface area contributed by atoms with E-state index in [9.17, 15) is 4.79 Å². The number of hydrogen-bond acceptors (Lipinski definition) is 4. The summed E-state index contributed by atoms with van der Waals surface area (Å²) in [4.78, 5) is 21.8. The number of carbonyl (C=O) groups is 1. The molecule has 144 valence electrons. The summed E-state index contributed by atoms with van der Waals surface area (Å²) in [6.07, 6.45) is 7.89. The fraction of sp³-hybridized carbons (Fsp3) is 0.174. The normalized spacial score (nSPS) is 20.4. The van der Waals surface area contributed by atoms with E-state index in [2.05, 4.69) is 52.5 Å². The highest BCUT2D eigenvalue weighted by Crippen LogP contribution is 2.51. The molecule has 1 aliphatic rings. The second-order valence-corrected chi connectivity index (χ2v) is 8.48. The van der Waals surface area contributed by atoms with E-state index in [0.717, 1.165) is 11.3 Å². The molecule has 2 aromatic heterocycles. The zero-order valence-corrected chi connectivity index (χ0v) is 16.8. The van der Waals surface area contributed by atoms with Gasteiger partial charge in [0.25, 0.3) is 0 Å². The molecular weight excluding hydrogens is 380 g/mol. The molecule has 0 fully saturated rings. The van der Waals surface area contributed by atoms with Gasteiger partial charge in [-0.3, -0.25) is 4.79 Å². The summed E-state index contributed by atoms with van der Waals surface area (Å²) in [5.41, 5.74) is 3.99. The van der Waals surface area contributed by atoms with Crippen molar-refractivity contribution >= 4 is 22.4 Å². The molecule has 0 bridgehead atoms. The van der Waals surface area contributed by atoms with Crippen molar-refractivity contribution in [3.8, 4) is 5.69 Å². The quantitative estimate of drug-likeness (QED) is 0.542. The largest absolute Gasteiger partial charge is 0.306 e.